The van der Waals surface area contributed by atoms with Crippen molar-refractivity contribution < 1.29 is 14.3 Å². The highest BCUT2D eigenvalue weighted by molar-refractivity contribution is 8.03. The molecule has 0 bridgehead atoms. The summed E-state index contributed by atoms with van der Waals surface area (Å²) >= 11 is 7.59. The van der Waals surface area contributed by atoms with E-state index >= 15 is 0 Å². The summed E-state index contributed by atoms with van der Waals surface area (Å²) in [5, 5.41) is 13.6. The number of halogens is 1. The van der Waals surface area contributed by atoms with Crippen molar-refractivity contribution in [3.63, 3.8) is 0 Å². The fraction of sp³-hybridized carbons (Fsp3) is 0.0714. The summed E-state index contributed by atoms with van der Waals surface area (Å²) in [4.78, 5) is 29.4. The molecule has 0 radical (unpaired) electrons. The first-order chi connectivity index (χ1) is 17.0. The third kappa shape index (κ3) is 3.49. The van der Waals surface area contributed by atoms with Gasteiger partial charge in [0.05, 0.1) is 21.9 Å². The minimum atomic E-state index is -0.603. The Morgan fingerprint density at radius 1 is 0.943 bits per heavy atom. The number of allylic oxidation sites excluding steroid dienone is 2. The molecule has 5 nitrogen and oxygen atoms in total. The predicted octanol–water partition coefficient (Wildman–Crippen LogP) is 6.53. The van der Waals surface area contributed by atoms with E-state index in [9.17, 15) is 14.7 Å². The number of thioether (sulfide) groups is 1. The van der Waals surface area contributed by atoms with Gasteiger partial charge in [0.1, 0.15) is 11.3 Å². The van der Waals surface area contributed by atoms with Crippen molar-refractivity contribution in [2.45, 2.75) is 0 Å². The fourth-order valence-corrected chi connectivity index (χ4v) is 5.90. The van der Waals surface area contributed by atoms with Crippen LogP contribution in [-0.2, 0) is 0 Å². The molecule has 0 unspecified atom stereocenters. The lowest BCUT2D eigenvalue weighted by Crippen LogP contribution is -2.30. The van der Waals surface area contributed by atoms with Gasteiger partial charge in [-0.15, -0.1) is 11.8 Å². The number of hydrogen-bond donors (Lipinski definition) is 1. The van der Waals surface area contributed by atoms with Crippen LogP contribution in [0.5, 0.6) is 0 Å². The van der Waals surface area contributed by atoms with E-state index in [2.05, 4.69) is 0 Å². The van der Waals surface area contributed by atoms with E-state index in [1.165, 1.54) is 11.8 Å². The first-order valence-electron chi connectivity index (χ1n) is 11.0. The second-order valence-electron chi connectivity index (χ2n) is 8.22. The molecule has 0 aliphatic carbocycles. The van der Waals surface area contributed by atoms with Gasteiger partial charge in [-0.3, -0.25) is 4.79 Å². The van der Waals surface area contributed by atoms with Gasteiger partial charge in [-0.05, 0) is 36.4 Å². The van der Waals surface area contributed by atoms with Crippen LogP contribution in [0.3, 0.4) is 0 Å². The Morgan fingerprint density at radius 3 is 2.43 bits per heavy atom. The van der Waals surface area contributed by atoms with E-state index in [-0.39, 0.29) is 28.3 Å². The molecule has 2 aliphatic heterocycles. The van der Waals surface area contributed by atoms with E-state index < -0.39 is 5.63 Å². The molecule has 0 spiro atoms. The molecule has 1 N–H and O–H groups in total. The summed E-state index contributed by atoms with van der Waals surface area (Å²) in [6.45, 7) is 0.622. The largest absolute Gasteiger partial charge is 0.507 e. The molecular weight excluding hydrogens is 482 g/mol. The smallest absolute Gasteiger partial charge is 0.346 e. The number of hydrogen-bond acceptors (Lipinski definition) is 6. The minimum absolute atomic E-state index is 0.147. The highest BCUT2D eigenvalue weighted by Gasteiger charge is 2.41. The summed E-state index contributed by atoms with van der Waals surface area (Å²) in [5.74, 6) is 0.290. The number of aliphatic hydroxyl groups is 1. The van der Waals surface area contributed by atoms with E-state index in [1.807, 2.05) is 29.2 Å². The number of ketones is 1. The van der Waals surface area contributed by atoms with E-state index in [1.54, 1.807) is 54.6 Å². The lowest BCUT2D eigenvalue weighted by atomic mass is 9.86. The minimum Gasteiger partial charge on any atom is -0.507 e. The van der Waals surface area contributed by atoms with E-state index in [0.29, 0.717) is 39.0 Å². The van der Waals surface area contributed by atoms with Crippen molar-refractivity contribution >= 4 is 57.1 Å². The summed E-state index contributed by atoms with van der Waals surface area (Å²) < 4.78 is 5.69. The number of rotatable bonds is 3. The number of fused-ring (bicyclic) bond motifs is 5. The summed E-state index contributed by atoms with van der Waals surface area (Å²) in [6, 6.07) is 22.8. The van der Waals surface area contributed by atoms with Crippen molar-refractivity contribution in [2.24, 2.45) is 0 Å². The van der Waals surface area contributed by atoms with Crippen molar-refractivity contribution in [1.29, 1.82) is 0 Å². The number of para-hydroxylation sites is 1. The second kappa shape index (κ2) is 8.48. The third-order valence-electron chi connectivity index (χ3n) is 6.19. The normalized spacial score (nSPS) is 16.3. The van der Waals surface area contributed by atoms with Gasteiger partial charge in [-0.25, -0.2) is 4.79 Å². The van der Waals surface area contributed by atoms with E-state index in [4.69, 9.17) is 16.0 Å². The lowest BCUT2D eigenvalue weighted by molar-refractivity contribution is 0.103. The van der Waals surface area contributed by atoms with Crippen LogP contribution in [0, 0.1) is 0 Å². The standard InChI is InChI=1S/C28H18ClNO4S/c29-18-12-10-17(11-13-18)26(32)23-21(25(31)16-6-2-1-3-7-16)22-24(30-14-15-35-27(23)30)19-8-4-5-9-20(19)34-28(22)33/h1-13,31H,14-15H2. The van der Waals surface area contributed by atoms with Crippen LogP contribution in [0.4, 0.5) is 5.69 Å². The van der Waals surface area contributed by atoms with Gasteiger partial charge in [0.15, 0.2) is 5.78 Å². The molecule has 172 valence electrons. The molecule has 1 aromatic heterocycles. The van der Waals surface area contributed by atoms with Crippen LogP contribution in [0.25, 0.3) is 22.3 Å². The molecule has 35 heavy (non-hydrogen) atoms. The predicted molar refractivity (Wildman–Crippen MR) is 141 cm³/mol. The highest BCUT2D eigenvalue weighted by Crippen LogP contribution is 2.51. The molecular formula is C28H18ClNO4S. The Balaban J connectivity index is 1.73. The number of nitrogens with zero attached hydrogens (tertiary/aromatic N) is 1. The lowest BCUT2D eigenvalue weighted by Gasteiger charge is -2.31. The van der Waals surface area contributed by atoms with Crippen molar-refractivity contribution in [2.75, 3.05) is 17.2 Å². The number of aliphatic hydroxyl groups excluding tert-OH is 1. The number of carbonyl (C=O) groups is 1. The van der Waals surface area contributed by atoms with Crippen molar-refractivity contribution in [3.05, 3.63) is 122 Å². The van der Waals surface area contributed by atoms with Crippen LogP contribution < -0.4 is 10.5 Å². The van der Waals surface area contributed by atoms with Crippen LogP contribution in [0.15, 0.2) is 98.7 Å². The summed E-state index contributed by atoms with van der Waals surface area (Å²) in [7, 11) is 0. The molecule has 0 atom stereocenters. The number of Topliss-reactive ketones (excluding diaryl/α,β-unsaturated/α-hetero) is 1. The van der Waals surface area contributed by atoms with Crippen LogP contribution in [-0.4, -0.2) is 23.2 Å². The maximum Gasteiger partial charge on any atom is 0.346 e. The van der Waals surface area contributed by atoms with Crippen LogP contribution in [0.2, 0.25) is 5.02 Å². The maximum atomic E-state index is 14.0. The van der Waals surface area contributed by atoms with Gasteiger partial charge in [-0.2, -0.15) is 0 Å². The molecule has 1 saturated heterocycles. The molecule has 3 heterocycles. The Kier molecular flexibility index (Phi) is 5.28. The third-order valence-corrected chi connectivity index (χ3v) is 7.52. The SMILES string of the molecule is O=C(C1=C2SCCN2c2c(c(=O)oc3ccccc23)C1=C(O)c1ccccc1)c1ccc(Cl)cc1. The van der Waals surface area contributed by atoms with Crippen LogP contribution in [0.1, 0.15) is 21.5 Å². The zero-order valence-electron chi connectivity index (χ0n) is 18.3. The van der Waals surface area contributed by atoms with Crippen LogP contribution >= 0.6 is 23.4 Å². The highest BCUT2D eigenvalue weighted by atomic mass is 35.5. The zero-order valence-corrected chi connectivity index (χ0v) is 19.9. The molecule has 1 fully saturated rings. The van der Waals surface area contributed by atoms with Gasteiger partial charge in [-0.1, -0.05) is 54.1 Å². The molecule has 3 aromatic carbocycles. The van der Waals surface area contributed by atoms with Crippen molar-refractivity contribution in [3.8, 4) is 0 Å². The van der Waals surface area contributed by atoms with Crippen molar-refractivity contribution in [1.82, 2.24) is 0 Å². The van der Waals surface area contributed by atoms with Gasteiger partial charge < -0.3 is 14.4 Å². The maximum absolute atomic E-state index is 14.0. The Morgan fingerprint density at radius 2 is 1.66 bits per heavy atom. The molecule has 7 heteroatoms. The van der Waals surface area contributed by atoms with Gasteiger partial charge >= 0.3 is 5.63 Å². The fourth-order valence-electron chi connectivity index (χ4n) is 4.63. The second-order valence-corrected chi connectivity index (χ2v) is 9.74. The van der Waals surface area contributed by atoms with Gasteiger partial charge in [0, 0.05) is 39.4 Å². The van der Waals surface area contributed by atoms with Gasteiger partial charge in [0.2, 0.25) is 0 Å². The monoisotopic (exact) mass is 499 g/mol. The Hall–Kier alpha value is -3.74. The number of benzene rings is 3. The molecule has 0 amide bonds. The Labute approximate surface area is 209 Å². The zero-order chi connectivity index (χ0) is 24.1. The molecule has 6 rings (SSSR count). The summed E-state index contributed by atoms with van der Waals surface area (Å²) in [6.07, 6.45) is 0. The van der Waals surface area contributed by atoms with E-state index in [0.717, 1.165) is 11.1 Å². The van der Waals surface area contributed by atoms with Gasteiger partial charge in [0.25, 0.3) is 0 Å². The molecule has 0 saturated carbocycles. The molecule has 2 aliphatic rings. The quantitative estimate of drug-likeness (QED) is 0.196. The summed E-state index contributed by atoms with van der Waals surface area (Å²) in [5.41, 5.74) is 2.08. The number of carbonyl (C=O) groups excluding carboxylic acids is 1. The average Bonchev–Trinajstić information content (AvgIpc) is 3.37. The average molecular weight is 500 g/mol. The topological polar surface area (TPSA) is 70.8 Å². The first kappa shape index (κ1) is 21.8. The first-order valence-corrected chi connectivity index (χ1v) is 12.4. The number of anilines is 1. The Bertz CT molecular complexity index is 1620. The molecule has 4 aromatic rings.